The Labute approximate surface area is 258 Å². The maximum absolute atomic E-state index is 11.6. The van der Waals surface area contributed by atoms with Crippen molar-refractivity contribution in [3.8, 4) is 5.75 Å². The van der Waals surface area contributed by atoms with Crippen LogP contribution in [0, 0.1) is 0 Å². The van der Waals surface area contributed by atoms with Crippen molar-refractivity contribution in [2.75, 3.05) is 44.3 Å². The van der Waals surface area contributed by atoms with Crippen molar-refractivity contribution >= 4 is 68.8 Å². The number of imidazole rings is 1. The predicted octanol–water partition coefficient (Wildman–Crippen LogP) is 4.54. The molecule has 2 saturated heterocycles. The number of carbonyl (C=O) groups excluding carboxylic acids is 1. The Bertz CT molecular complexity index is 1210. The third kappa shape index (κ3) is 7.87. The maximum atomic E-state index is 11.6. The van der Waals surface area contributed by atoms with Crippen LogP contribution in [0.25, 0.3) is 0 Å². The van der Waals surface area contributed by atoms with Crippen molar-refractivity contribution in [1.29, 1.82) is 0 Å². The van der Waals surface area contributed by atoms with Gasteiger partial charge in [0.25, 0.3) is 0 Å². The smallest absolute Gasteiger partial charge is 0.219 e. The Kier molecular flexibility index (Phi) is 12.6. The van der Waals surface area contributed by atoms with Crippen molar-refractivity contribution in [3.05, 3.63) is 76.8 Å². The molecule has 0 bridgehead atoms. The van der Waals surface area contributed by atoms with Crippen LogP contribution in [0.3, 0.4) is 0 Å². The first-order valence-corrected chi connectivity index (χ1v) is 12.6. The van der Waals surface area contributed by atoms with Crippen molar-refractivity contribution < 1.29 is 24.5 Å². The van der Waals surface area contributed by atoms with Crippen LogP contribution in [0.5, 0.6) is 5.75 Å². The second-order valence-corrected chi connectivity index (χ2v) is 9.81. The Hall–Kier alpha value is -1.86. The van der Waals surface area contributed by atoms with Crippen LogP contribution in [-0.4, -0.2) is 71.3 Å². The summed E-state index contributed by atoms with van der Waals surface area (Å²) in [6.45, 7) is 5.69. The molecule has 2 N–H and O–H groups in total. The number of hydrogen-bond donors (Lipinski definition) is 0. The molecule has 3 heterocycles. The van der Waals surface area contributed by atoms with Gasteiger partial charge in [0, 0.05) is 67.8 Å². The number of hydrogen-bond acceptors (Lipinski definition) is 6. The number of rotatable bonds is 7. The average Bonchev–Trinajstić information content (AvgIpc) is 3.54. The van der Waals surface area contributed by atoms with Gasteiger partial charge in [-0.3, -0.25) is 4.79 Å². The summed E-state index contributed by atoms with van der Waals surface area (Å²) < 4.78 is 20.7. The molecule has 9 nitrogen and oxygen atoms in total. The normalized spacial score (nSPS) is 20.4. The minimum atomic E-state index is -1.09. The van der Waals surface area contributed by atoms with Gasteiger partial charge >= 0.3 is 0 Å². The van der Waals surface area contributed by atoms with E-state index in [4.69, 9.17) is 37.4 Å². The van der Waals surface area contributed by atoms with E-state index in [1.165, 1.54) is 0 Å². The molecular weight excluding hydrogens is 679 g/mol. The lowest BCUT2D eigenvalue weighted by Gasteiger charge is -2.35. The number of benzene rings is 2. The minimum absolute atomic E-state index is 0. The van der Waals surface area contributed by atoms with Gasteiger partial charge in [-0.05, 0) is 24.3 Å². The largest absolute Gasteiger partial charge is 0.491 e. The van der Waals surface area contributed by atoms with Crippen LogP contribution < -0.4 is 9.64 Å². The molecule has 1 amide bonds. The van der Waals surface area contributed by atoms with Gasteiger partial charge in [0.05, 0.1) is 24.5 Å². The lowest BCUT2D eigenvalue weighted by molar-refractivity contribution is -0.189. The highest BCUT2D eigenvalue weighted by Gasteiger charge is 2.45. The van der Waals surface area contributed by atoms with Gasteiger partial charge in [0.1, 0.15) is 18.5 Å². The van der Waals surface area contributed by atoms with E-state index in [0.717, 1.165) is 37.6 Å². The molecule has 39 heavy (non-hydrogen) atoms. The SMILES string of the molecule is Br.Br.CC(=O)N1CCN(c2cccc(OCC3COC(Cn4ccnc4)(c4ccc(Cl)cc4Cl)O3)c2)CC1.O. The zero-order valence-corrected chi connectivity index (χ0v) is 26.2. The molecule has 2 aromatic carbocycles. The maximum Gasteiger partial charge on any atom is 0.219 e. The van der Waals surface area contributed by atoms with Crippen LogP contribution >= 0.6 is 57.2 Å². The quantitative estimate of drug-likeness (QED) is 0.357. The minimum Gasteiger partial charge on any atom is -0.491 e. The summed E-state index contributed by atoms with van der Waals surface area (Å²) in [4.78, 5) is 19.9. The Morgan fingerprint density at radius 1 is 1.13 bits per heavy atom. The van der Waals surface area contributed by atoms with Crippen molar-refractivity contribution in [2.24, 2.45) is 0 Å². The van der Waals surface area contributed by atoms with Crippen LogP contribution in [0.4, 0.5) is 5.69 Å². The van der Waals surface area contributed by atoms with Gasteiger partial charge in [0.15, 0.2) is 0 Å². The Morgan fingerprint density at radius 3 is 2.56 bits per heavy atom. The fraction of sp³-hybridized carbons (Fsp3) is 0.385. The van der Waals surface area contributed by atoms with E-state index >= 15 is 0 Å². The number of ether oxygens (including phenoxy) is 3. The molecule has 2 aliphatic rings. The number of aromatic nitrogens is 2. The monoisotopic (exact) mass is 708 g/mol. The first-order valence-electron chi connectivity index (χ1n) is 11.9. The third-order valence-electron chi connectivity index (χ3n) is 6.49. The molecule has 1 aromatic heterocycles. The van der Waals surface area contributed by atoms with E-state index in [0.29, 0.717) is 35.4 Å². The lowest BCUT2D eigenvalue weighted by Crippen LogP contribution is -2.48. The van der Waals surface area contributed by atoms with Gasteiger partial charge in [-0.2, -0.15) is 0 Å². The van der Waals surface area contributed by atoms with Gasteiger partial charge in [-0.15, -0.1) is 34.0 Å². The number of anilines is 1. The van der Waals surface area contributed by atoms with Gasteiger partial charge in [-0.1, -0.05) is 35.3 Å². The highest BCUT2D eigenvalue weighted by molar-refractivity contribution is 8.93. The van der Waals surface area contributed by atoms with Crippen molar-refractivity contribution in [2.45, 2.75) is 25.4 Å². The molecular formula is C26H32Br2Cl2N4O5. The van der Waals surface area contributed by atoms with E-state index in [2.05, 4.69) is 16.0 Å². The molecule has 214 valence electrons. The third-order valence-corrected chi connectivity index (χ3v) is 7.04. The zero-order chi connectivity index (χ0) is 25.1. The second-order valence-electron chi connectivity index (χ2n) is 8.96. The molecule has 3 aromatic rings. The summed E-state index contributed by atoms with van der Waals surface area (Å²) in [5.41, 5.74) is 1.78. The van der Waals surface area contributed by atoms with Gasteiger partial charge in [0.2, 0.25) is 11.7 Å². The van der Waals surface area contributed by atoms with Crippen LogP contribution in [0.1, 0.15) is 12.5 Å². The van der Waals surface area contributed by atoms with Crippen LogP contribution in [0.15, 0.2) is 61.2 Å². The van der Waals surface area contributed by atoms with E-state index in [1.54, 1.807) is 31.6 Å². The van der Waals surface area contributed by atoms with E-state index in [9.17, 15) is 4.79 Å². The fourth-order valence-electron chi connectivity index (χ4n) is 4.61. The average molecular weight is 711 g/mol. The molecule has 2 unspecified atom stereocenters. The van der Waals surface area contributed by atoms with E-state index in [1.807, 2.05) is 39.9 Å². The summed E-state index contributed by atoms with van der Waals surface area (Å²) >= 11 is 12.7. The second kappa shape index (κ2) is 14.7. The first kappa shape index (κ1) is 33.3. The standard InChI is InChI=1S/C26H28Cl2N4O4.2BrH.H2O/c1-19(33)31-9-11-32(12-10-31)21-3-2-4-22(14-21)34-15-23-16-35-26(36-23,17-30-8-7-29-18-30)24-6-5-20(27)13-25(24)28;;;/h2-8,13-14,18,23H,9-12,15-17H2,1H3;2*1H;1H2. The first-order chi connectivity index (χ1) is 17.4. The highest BCUT2D eigenvalue weighted by Crippen LogP contribution is 2.40. The fourth-order valence-corrected chi connectivity index (χ4v) is 5.17. The number of nitrogens with zero attached hydrogens (tertiary/aromatic N) is 4. The number of piperazine rings is 1. The molecule has 13 heteroatoms. The summed E-state index contributed by atoms with van der Waals surface area (Å²) in [5, 5.41) is 1.02. The summed E-state index contributed by atoms with van der Waals surface area (Å²) in [6, 6.07) is 13.3. The highest BCUT2D eigenvalue weighted by atomic mass is 79.9. The predicted molar refractivity (Wildman–Crippen MR) is 162 cm³/mol. The molecule has 0 saturated carbocycles. The molecule has 2 atom stereocenters. The van der Waals surface area contributed by atoms with Gasteiger partial charge in [-0.25, -0.2) is 4.98 Å². The molecule has 0 spiro atoms. The lowest BCUT2D eigenvalue weighted by atomic mass is 10.1. The van der Waals surface area contributed by atoms with Crippen molar-refractivity contribution in [1.82, 2.24) is 14.5 Å². The van der Waals surface area contributed by atoms with E-state index < -0.39 is 5.79 Å². The van der Waals surface area contributed by atoms with Crippen LogP contribution in [0.2, 0.25) is 10.0 Å². The topological polar surface area (TPSA) is 101 Å². The number of carbonyl (C=O) groups is 1. The molecule has 5 rings (SSSR count). The summed E-state index contributed by atoms with van der Waals surface area (Å²) in [7, 11) is 0. The van der Waals surface area contributed by atoms with E-state index in [-0.39, 0.29) is 51.5 Å². The summed E-state index contributed by atoms with van der Waals surface area (Å²) in [6.07, 6.45) is 4.97. The molecule has 0 aliphatic carbocycles. The molecule has 2 aliphatic heterocycles. The molecule has 2 fully saturated rings. The van der Waals surface area contributed by atoms with Gasteiger partial charge < -0.3 is 34.1 Å². The number of halogens is 4. The molecule has 0 radical (unpaired) electrons. The Morgan fingerprint density at radius 2 is 1.90 bits per heavy atom. The zero-order valence-electron chi connectivity index (χ0n) is 21.3. The Balaban J connectivity index is 0.00000178. The van der Waals surface area contributed by atoms with Crippen LogP contribution in [-0.2, 0) is 26.6 Å². The summed E-state index contributed by atoms with van der Waals surface area (Å²) in [5.74, 6) is -0.217. The number of amides is 1. The van der Waals surface area contributed by atoms with Crippen molar-refractivity contribution in [3.63, 3.8) is 0 Å².